The van der Waals surface area contributed by atoms with E-state index in [-0.39, 0.29) is 36.4 Å². The van der Waals surface area contributed by atoms with Gasteiger partial charge in [0.2, 0.25) is 11.7 Å². The van der Waals surface area contributed by atoms with Gasteiger partial charge in [0, 0.05) is 48.7 Å². The van der Waals surface area contributed by atoms with Crippen molar-refractivity contribution in [3.05, 3.63) is 58.6 Å². The highest BCUT2D eigenvalue weighted by atomic mass is 35.5. The van der Waals surface area contributed by atoms with Crippen LogP contribution < -0.4 is 0 Å². The highest BCUT2D eigenvalue weighted by Gasteiger charge is 2.47. The number of hydrogen-bond donors (Lipinski definition) is 1. The average Bonchev–Trinajstić information content (AvgIpc) is 3.37. The number of carbonyl (C=O) groups excluding carboxylic acids is 3. The van der Waals surface area contributed by atoms with Crippen LogP contribution in [-0.2, 0) is 11.2 Å². The van der Waals surface area contributed by atoms with Crippen LogP contribution in [0.25, 0.3) is 11.0 Å². The Labute approximate surface area is 197 Å². The summed E-state index contributed by atoms with van der Waals surface area (Å²) in [5.41, 5.74) is 1.72. The number of aromatic nitrogens is 3. The van der Waals surface area contributed by atoms with Gasteiger partial charge in [-0.25, -0.2) is 13.8 Å². The molecule has 174 valence electrons. The van der Waals surface area contributed by atoms with E-state index >= 15 is 0 Å². The number of carbonyl (C=O) groups is 3. The lowest BCUT2D eigenvalue weighted by Gasteiger charge is -2.19. The van der Waals surface area contributed by atoms with E-state index in [1.165, 1.54) is 18.5 Å². The Kier molecular flexibility index (Phi) is 6.39. The van der Waals surface area contributed by atoms with Crippen molar-refractivity contribution in [1.29, 1.82) is 5.26 Å². The van der Waals surface area contributed by atoms with Crippen LogP contribution in [0.5, 0.6) is 0 Å². The number of likely N-dealkylation sites (tertiary alicyclic amines) is 1. The number of nitrogens with zero attached hydrogens (tertiary/aromatic N) is 4. The second-order valence-electron chi connectivity index (χ2n) is 8.03. The summed E-state index contributed by atoms with van der Waals surface area (Å²) >= 11 is 5.96. The number of benzene rings is 1. The van der Waals surface area contributed by atoms with Crippen molar-refractivity contribution in [2.45, 2.75) is 37.6 Å². The number of Topliss-reactive ketones (excluding diaryl/α,β-unsaturated/α-hetero) is 2. The zero-order valence-electron chi connectivity index (χ0n) is 17.7. The Morgan fingerprint density at radius 2 is 2.03 bits per heavy atom. The van der Waals surface area contributed by atoms with Gasteiger partial charge in [0.1, 0.15) is 6.04 Å². The van der Waals surface area contributed by atoms with Crippen molar-refractivity contribution in [2.24, 2.45) is 0 Å². The van der Waals surface area contributed by atoms with Gasteiger partial charge in [-0.15, -0.1) is 0 Å². The van der Waals surface area contributed by atoms with Crippen LogP contribution in [0, 0.1) is 11.3 Å². The van der Waals surface area contributed by atoms with Crippen molar-refractivity contribution in [1.82, 2.24) is 19.9 Å². The summed E-state index contributed by atoms with van der Waals surface area (Å²) < 4.78 is 27.2. The number of ketones is 2. The van der Waals surface area contributed by atoms with Crippen LogP contribution in [-0.4, -0.2) is 55.8 Å². The predicted octanol–water partition coefficient (Wildman–Crippen LogP) is 3.76. The van der Waals surface area contributed by atoms with Crippen LogP contribution in [0.15, 0.2) is 36.7 Å². The van der Waals surface area contributed by atoms with E-state index in [0.717, 1.165) is 4.90 Å². The Morgan fingerprint density at radius 1 is 1.24 bits per heavy atom. The maximum absolute atomic E-state index is 13.6. The summed E-state index contributed by atoms with van der Waals surface area (Å²) in [5, 5.41) is 9.54. The normalized spacial score (nSPS) is 17.0. The molecule has 1 aromatic carbocycles. The summed E-state index contributed by atoms with van der Waals surface area (Å²) in [6.07, 6.45) is 1.32. The number of amides is 1. The Balaban J connectivity index is 1.44. The van der Waals surface area contributed by atoms with Gasteiger partial charge < -0.3 is 9.88 Å². The molecule has 1 N–H and O–H groups in total. The van der Waals surface area contributed by atoms with Crippen molar-refractivity contribution in [3.63, 3.8) is 0 Å². The maximum atomic E-state index is 13.6. The third-order valence-electron chi connectivity index (χ3n) is 5.57. The van der Waals surface area contributed by atoms with Crippen LogP contribution in [0.1, 0.15) is 45.8 Å². The quantitative estimate of drug-likeness (QED) is 0.509. The van der Waals surface area contributed by atoms with E-state index in [2.05, 4.69) is 15.0 Å². The smallest absolute Gasteiger partial charge is 0.268 e. The molecule has 1 saturated heterocycles. The molecule has 0 radical (unpaired) electrons. The molecule has 0 aliphatic carbocycles. The molecule has 4 rings (SSSR count). The highest BCUT2D eigenvalue weighted by molar-refractivity contribution is 6.31. The minimum Gasteiger partial charge on any atom is -0.335 e. The second-order valence-corrected chi connectivity index (χ2v) is 8.47. The molecule has 3 aromatic rings. The largest absolute Gasteiger partial charge is 0.335 e. The van der Waals surface area contributed by atoms with Gasteiger partial charge in [0.05, 0.1) is 23.6 Å². The molecule has 0 unspecified atom stereocenters. The fraction of sp³-hybridized carbons (Fsp3) is 0.304. The van der Waals surface area contributed by atoms with Crippen molar-refractivity contribution in [2.75, 3.05) is 6.54 Å². The molecule has 0 spiro atoms. The number of alkyl halides is 2. The molecule has 1 aliphatic heterocycles. The molecule has 8 nitrogen and oxygen atoms in total. The molecular weight excluding hydrogens is 468 g/mol. The van der Waals surface area contributed by atoms with E-state index in [1.807, 2.05) is 0 Å². The molecule has 1 amide bonds. The molecule has 3 heterocycles. The van der Waals surface area contributed by atoms with E-state index in [0.29, 0.717) is 21.6 Å². The zero-order valence-corrected chi connectivity index (χ0v) is 18.5. The van der Waals surface area contributed by atoms with E-state index in [4.69, 9.17) is 16.9 Å². The molecular formula is C23H18ClF2N5O3. The number of imidazole rings is 1. The lowest BCUT2D eigenvalue weighted by Crippen LogP contribution is -2.36. The number of hydrogen-bond acceptors (Lipinski definition) is 6. The number of rotatable bonds is 7. The molecule has 1 aliphatic rings. The van der Waals surface area contributed by atoms with Crippen LogP contribution in [0.2, 0.25) is 5.02 Å². The van der Waals surface area contributed by atoms with Crippen LogP contribution in [0.4, 0.5) is 8.78 Å². The SMILES string of the molecule is N#C[C@@H]1CC(F)(F)CN1C(=O)CCC(=O)c1ccncc1CC(=O)c1nc2ccc(Cl)cc2[nH]1. The maximum Gasteiger partial charge on any atom is 0.268 e. The molecule has 2 aromatic heterocycles. The predicted molar refractivity (Wildman–Crippen MR) is 118 cm³/mol. The van der Waals surface area contributed by atoms with Gasteiger partial charge in [-0.3, -0.25) is 19.4 Å². The number of nitrogens with one attached hydrogen (secondary N) is 1. The first-order chi connectivity index (χ1) is 16.2. The zero-order chi connectivity index (χ0) is 24.5. The number of halogens is 3. The molecule has 0 bridgehead atoms. The topological polar surface area (TPSA) is 120 Å². The Morgan fingerprint density at radius 3 is 2.79 bits per heavy atom. The summed E-state index contributed by atoms with van der Waals surface area (Å²) in [5.74, 6) is -4.52. The van der Waals surface area contributed by atoms with Gasteiger partial charge in [-0.05, 0) is 29.8 Å². The Hall–Kier alpha value is -3.71. The summed E-state index contributed by atoms with van der Waals surface area (Å²) in [6.45, 7) is -0.837. The molecule has 1 fully saturated rings. The van der Waals surface area contributed by atoms with E-state index in [1.54, 1.807) is 24.3 Å². The first-order valence-corrected chi connectivity index (χ1v) is 10.8. The van der Waals surface area contributed by atoms with Crippen molar-refractivity contribution < 1.29 is 23.2 Å². The highest BCUT2D eigenvalue weighted by Crippen LogP contribution is 2.32. The molecule has 0 saturated carbocycles. The fourth-order valence-corrected chi connectivity index (χ4v) is 4.08. The monoisotopic (exact) mass is 485 g/mol. The van der Waals surface area contributed by atoms with Crippen LogP contribution in [0.3, 0.4) is 0 Å². The summed E-state index contributed by atoms with van der Waals surface area (Å²) in [4.78, 5) is 49.9. The van der Waals surface area contributed by atoms with Gasteiger partial charge in [0.25, 0.3) is 5.92 Å². The summed E-state index contributed by atoms with van der Waals surface area (Å²) in [7, 11) is 0. The number of fused-ring (bicyclic) bond motifs is 1. The first-order valence-electron chi connectivity index (χ1n) is 10.4. The van der Waals surface area contributed by atoms with E-state index < -0.39 is 36.6 Å². The number of aromatic amines is 1. The van der Waals surface area contributed by atoms with Crippen molar-refractivity contribution >= 4 is 40.1 Å². The fourth-order valence-electron chi connectivity index (χ4n) is 3.90. The van der Waals surface area contributed by atoms with E-state index in [9.17, 15) is 23.2 Å². The second kappa shape index (κ2) is 9.27. The first kappa shape index (κ1) is 23.4. The standard InChI is InChI=1S/C23H18ClF2N5O3/c24-14-1-2-17-18(8-14)30-22(29-17)20(33)7-13-11-28-6-5-16(13)19(32)3-4-21(34)31-12-23(25,26)9-15(31)10-27/h1-2,5-6,8,11,15H,3-4,7,9,12H2,(H,29,30)/t15-/m0/s1. The summed E-state index contributed by atoms with van der Waals surface area (Å²) in [6, 6.07) is 6.90. The molecule has 11 heteroatoms. The molecule has 34 heavy (non-hydrogen) atoms. The number of nitriles is 1. The lowest BCUT2D eigenvalue weighted by molar-refractivity contribution is -0.132. The molecule has 1 atom stereocenters. The number of H-pyrrole nitrogens is 1. The Bertz CT molecular complexity index is 1330. The lowest BCUT2D eigenvalue weighted by atomic mass is 9.98. The van der Waals surface area contributed by atoms with Crippen molar-refractivity contribution in [3.8, 4) is 6.07 Å². The third-order valence-corrected chi connectivity index (χ3v) is 5.80. The van der Waals surface area contributed by atoms with Gasteiger partial charge >= 0.3 is 0 Å². The third kappa shape index (κ3) is 4.94. The van der Waals surface area contributed by atoms with Gasteiger partial charge in [-0.2, -0.15) is 5.26 Å². The number of pyridine rings is 1. The minimum atomic E-state index is -3.12. The van der Waals surface area contributed by atoms with Gasteiger partial charge in [-0.1, -0.05) is 11.6 Å². The van der Waals surface area contributed by atoms with Crippen LogP contribution >= 0.6 is 11.6 Å². The minimum absolute atomic E-state index is 0.104. The average molecular weight is 486 g/mol. The van der Waals surface area contributed by atoms with Gasteiger partial charge in [0.15, 0.2) is 11.6 Å².